The van der Waals surface area contributed by atoms with Gasteiger partial charge in [0, 0.05) is 19.7 Å². The molecule has 3 nitrogen and oxygen atoms in total. The van der Waals surface area contributed by atoms with E-state index >= 15 is 0 Å². The van der Waals surface area contributed by atoms with Crippen molar-refractivity contribution in [2.75, 3.05) is 33.9 Å². The van der Waals surface area contributed by atoms with Crippen LogP contribution in [-0.4, -0.2) is 44.8 Å². The van der Waals surface area contributed by atoms with E-state index in [9.17, 15) is 0 Å². The van der Waals surface area contributed by atoms with Crippen LogP contribution >= 0.6 is 0 Å². The summed E-state index contributed by atoms with van der Waals surface area (Å²) in [7, 11) is 4.01. The SMILES string of the molecule is CCC(C)(C)C1CCC(CN)C(N(C)CCOC)C1. The molecule has 0 amide bonds. The average molecular weight is 270 g/mol. The zero-order valence-electron chi connectivity index (χ0n) is 13.6. The fourth-order valence-corrected chi connectivity index (χ4v) is 3.42. The highest BCUT2D eigenvalue weighted by molar-refractivity contribution is 4.91. The van der Waals surface area contributed by atoms with Gasteiger partial charge in [-0.1, -0.05) is 27.2 Å². The summed E-state index contributed by atoms with van der Waals surface area (Å²) in [6.45, 7) is 9.81. The molecular formula is C16H34N2O. The molecule has 114 valence electrons. The molecule has 1 aliphatic rings. The van der Waals surface area contributed by atoms with Crippen molar-refractivity contribution in [1.29, 1.82) is 0 Å². The number of ether oxygens (including phenoxy) is 1. The van der Waals surface area contributed by atoms with Crippen LogP contribution in [0.15, 0.2) is 0 Å². The highest BCUT2D eigenvalue weighted by atomic mass is 16.5. The third-order valence-corrected chi connectivity index (χ3v) is 5.49. The average Bonchev–Trinajstić information content (AvgIpc) is 2.43. The minimum atomic E-state index is 0.458. The summed E-state index contributed by atoms with van der Waals surface area (Å²) in [6, 6.07) is 0.629. The van der Waals surface area contributed by atoms with Crippen molar-refractivity contribution in [3.63, 3.8) is 0 Å². The van der Waals surface area contributed by atoms with Gasteiger partial charge in [0.15, 0.2) is 0 Å². The number of hydrogen-bond acceptors (Lipinski definition) is 3. The number of nitrogens with zero attached hydrogens (tertiary/aromatic N) is 1. The molecule has 3 heteroatoms. The Morgan fingerprint density at radius 3 is 2.53 bits per heavy atom. The predicted molar refractivity (Wildman–Crippen MR) is 82.3 cm³/mol. The second-order valence-electron chi connectivity index (χ2n) is 6.89. The largest absolute Gasteiger partial charge is 0.383 e. The first-order chi connectivity index (χ1) is 8.96. The van der Waals surface area contributed by atoms with Gasteiger partial charge in [0.1, 0.15) is 0 Å². The number of likely N-dealkylation sites (N-methyl/N-ethyl adjacent to an activating group) is 1. The molecule has 0 saturated heterocycles. The lowest BCUT2D eigenvalue weighted by Gasteiger charge is -2.46. The molecule has 0 aromatic carbocycles. The van der Waals surface area contributed by atoms with Gasteiger partial charge >= 0.3 is 0 Å². The Balaban J connectivity index is 2.68. The fourth-order valence-electron chi connectivity index (χ4n) is 3.42. The van der Waals surface area contributed by atoms with E-state index in [4.69, 9.17) is 10.5 Å². The first kappa shape index (κ1) is 16.9. The van der Waals surface area contributed by atoms with Gasteiger partial charge < -0.3 is 15.4 Å². The van der Waals surface area contributed by atoms with Crippen molar-refractivity contribution in [2.24, 2.45) is 23.0 Å². The van der Waals surface area contributed by atoms with Crippen molar-refractivity contribution >= 4 is 0 Å². The standard InChI is InChI=1S/C16H34N2O/c1-6-16(2,3)14-8-7-13(12-17)15(11-14)18(4)9-10-19-5/h13-15H,6-12,17H2,1-5H3. The van der Waals surface area contributed by atoms with Crippen LogP contribution < -0.4 is 5.73 Å². The van der Waals surface area contributed by atoms with E-state index in [1.54, 1.807) is 7.11 Å². The molecular weight excluding hydrogens is 236 g/mol. The molecule has 0 aliphatic heterocycles. The van der Waals surface area contributed by atoms with Crippen LogP contribution in [0.25, 0.3) is 0 Å². The summed E-state index contributed by atoms with van der Waals surface area (Å²) < 4.78 is 5.21. The maximum absolute atomic E-state index is 5.99. The van der Waals surface area contributed by atoms with Crippen LogP contribution in [0.5, 0.6) is 0 Å². The van der Waals surface area contributed by atoms with Gasteiger partial charge in [0.2, 0.25) is 0 Å². The highest BCUT2D eigenvalue weighted by Gasteiger charge is 2.38. The van der Waals surface area contributed by atoms with Crippen LogP contribution in [0, 0.1) is 17.3 Å². The van der Waals surface area contributed by atoms with Crippen molar-refractivity contribution in [3.05, 3.63) is 0 Å². The smallest absolute Gasteiger partial charge is 0.0589 e. The third kappa shape index (κ3) is 4.44. The fraction of sp³-hybridized carbons (Fsp3) is 1.00. The third-order valence-electron chi connectivity index (χ3n) is 5.49. The molecule has 1 saturated carbocycles. The van der Waals surface area contributed by atoms with Crippen LogP contribution in [-0.2, 0) is 4.74 Å². The van der Waals surface area contributed by atoms with E-state index in [-0.39, 0.29) is 0 Å². The molecule has 1 fully saturated rings. The van der Waals surface area contributed by atoms with Crippen LogP contribution in [0.2, 0.25) is 0 Å². The number of rotatable bonds is 7. The molecule has 0 heterocycles. The normalized spacial score (nSPS) is 28.9. The van der Waals surface area contributed by atoms with E-state index in [1.807, 2.05) is 0 Å². The minimum absolute atomic E-state index is 0.458. The summed E-state index contributed by atoms with van der Waals surface area (Å²) in [5, 5.41) is 0. The van der Waals surface area contributed by atoms with Crippen molar-refractivity contribution in [1.82, 2.24) is 4.90 Å². The molecule has 0 aromatic heterocycles. The van der Waals surface area contributed by atoms with Crippen molar-refractivity contribution in [2.45, 2.75) is 52.5 Å². The summed E-state index contributed by atoms with van der Waals surface area (Å²) in [5.74, 6) is 1.49. The topological polar surface area (TPSA) is 38.5 Å². The van der Waals surface area contributed by atoms with E-state index in [2.05, 4.69) is 32.7 Å². The summed E-state index contributed by atoms with van der Waals surface area (Å²) >= 11 is 0. The maximum Gasteiger partial charge on any atom is 0.0589 e. The molecule has 1 rings (SSSR count). The molecule has 0 spiro atoms. The van der Waals surface area contributed by atoms with Crippen LogP contribution in [0.1, 0.15) is 46.5 Å². The van der Waals surface area contributed by atoms with Gasteiger partial charge in [-0.3, -0.25) is 0 Å². The Morgan fingerprint density at radius 1 is 1.32 bits per heavy atom. The summed E-state index contributed by atoms with van der Waals surface area (Å²) in [4.78, 5) is 2.47. The maximum atomic E-state index is 5.99. The number of methoxy groups -OCH3 is 1. The van der Waals surface area contributed by atoms with Gasteiger partial charge in [-0.05, 0) is 50.1 Å². The Morgan fingerprint density at radius 2 is 2.00 bits per heavy atom. The Hall–Kier alpha value is -0.120. The molecule has 0 aromatic rings. The second kappa shape index (κ2) is 7.61. The zero-order valence-corrected chi connectivity index (χ0v) is 13.6. The molecule has 0 radical (unpaired) electrons. The zero-order chi connectivity index (χ0) is 14.5. The van der Waals surface area contributed by atoms with Gasteiger partial charge in [-0.25, -0.2) is 0 Å². The van der Waals surface area contributed by atoms with Gasteiger partial charge in [-0.2, -0.15) is 0 Å². The first-order valence-electron chi connectivity index (χ1n) is 7.85. The summed E-state index contributed by atoms with van der Waals surface area (Å²) in [6.07, 6.45) is 5.19. The molecule has 2 N–H and O–H groups in total. The lowest BCUT2D eigenvalue weighted by molar-refractivity contribution is 0.0382. The van der Waals surface area contributed by atoms with Crippen molar-refractivity contribution in [3.8, 4) is 0 Å². The van der Waals surface area contributed by atoms with Gasteiger partial charge in [0.25, 0.3) is 0 Å². The van der Waals surface area contributed by atoms with E-state index in [0.29, 0.717) is 17.4 Å². The number of nitrogens with two attached hydrogens (primary N) is 1. The quantitative estimate of drug-likeness (QED) is 0.773. The minimum Gasteiger partial charge on any atom is -0.383 e. The van der Waals surface area contributed by atoms with E-state index < -0.39 is 0 Å². The second-order valence-corrected chi connectivity index (χ2v) is 6.89. The molecule has 3 atom stereocenters. The van der Waals surface area contributed by atoms with Crippen molar-refractivity contribution < 1.29 is 4.74 Å². The monoisotopic (exact) mass is 270 g/mol. The molecule has 3 unspecified atom stereocenters. The molecule has 0 bridgehead atoms. The Bertz CT molecular complexity index is 255. The number of hydrogen-bond donors (Lipinski definition) is 1. The van der Waals surface area contributed by atoms with Gasteiger partial charge in [0.05, 0.1) is 6.61 Å². The van der Waals surface area contributed by atoms with Gasteiger partial charge in [-0.15, -0.1) is 0 Å². The first-order valence-corrected chi connectivity index (χ1v) is 7.85. The Labute approximate surface area is 119 Å². The Kier molecular flexibility index (Phi) is 6.78. The van der Waals surface area contributed by atoms with Crippen LogP contribution in [0.3, 0.4) is 0 Å². The summed E-state index contributed by atoms with van der Waals surface area (Å²) in [5.41, 5.74) is 6.45. The van der Waals surface area contributed by atoms with Crippen LogP contribution in [0.4, 0.5) is 0 Å². The van der Waals surface area contributed by atoms with E-state index in [0.717, 1.165) is 25.6 Å². The molecule has 1 aliphatic carbocycles. The van der Waals surface area contributed by atoms with E-state index in [1.165, 1.54) is 25.7 Å². The predicted octanol–water partition coefficient (Wildman–Crippen LogP) is 2.74. The highest BCUT2D eigenvalue weighted by Crippen LogP contribution is 2.43. The lowest BCUT2D eigenvalue weighted by Crippen LogP contribution is -2.48. The molecule has 19 heavy (non-hydrogen) atoms. The lowest BCUT2D eigenvalue weighted by atomic mass is 9.65.